The Morgan fingerprint density at radius 1 is 1.00 bits per heavy atom. The molecule has 0 saturated heterocycles. The monoisotopic (exact) mass is 437 g/mol. The first kappa shape index (κ1) is 25.4. The molecule has 2 aromatic rings. The molecule has 0 amide bonds. The van der Waals surface area contributed by atoms with E-state index in [4.69, 9.17) is 14.2 Å². The predicted octanol–water partition coefficient (Wildman–Crippen LogP) is 4.17. The number of carbonyl (C=O) groups is 2. The van der Waals surface area contributed by atoms with Gasteiger partial charge in [-0.3, -0.25) is 9.59 Å². The van der Waals surface area contributed by atoms with E-state index in [0.29, 0.717) is 12.1 Å². The first-order valence-corrected chi connectivity index (χ1v) is 9.26. The molecule has 0 aromatic heterocycles. The Balaban J connectivity index is 0.000000465. The number of ether oxygens (including phenoxy) is 3. The molecule has 0 spiro atoms. The van der Waals surface area contributed by atoms with Crippen molar-refractivity contribution >= 4 is 24.3 Å². The van der Waals surface area contributed by atoms with Crippen molar-refractivity contribution in [1.82, 2.24) is 5.32 Å². The highest BCUT2D eigenvalue weighted by Gasteiger charge is 2.17. The number of nitrogens with one attached hydrogen (secondary N) is 1. The Bertz CT molecular complexity index is 857. The fraction of sp³-hybridized carbons (Fsp3) is 0.364. The molecule has 0 saturated carbocycles. The van der Waals surface area contributed by atoms with Gasteiger partial charge in [-0.25, -0.2) is 0 Å². The summed E-state index contributed by atoms with van der Waals surface area (Å²) in [5, 5.41) is 13.4. The standard InChI is InChI=1S/C16H23NO5.C6H4O.ClH/c1-10(18)21-14-7-6-12(8-15(14)22-11(2)19)13(20)9-17-16(3,4)5;1-2-4-6-5(3-1)7-6;/h6-8,13,17,20H,9H2,1-5H3;1-4H;1H. The van der Waals surface area contributed by atoms with Crippen molar-refractivity contribution in [2.75, 3.05) is 6.54 Å². The van der Waals surface area contributed by atoms with Gasteiger partial charge in [0, 0.05) is 25.9 Å². The van der Waals surface area contributed by atoms with Crippen LogP contribution in [0.25, 0.3) is 0 Å². The second-order valence-corrected chi connectivity index (χ2v) is 7.59. The molecule has 8 heteroatoms. The molecule has 30 heavy (non-hydrogen) atoms. The van der Waals surface area contributed by atoms with Gasteiger partial charge >= 0.3 is 11.9 Å². The largest absolute Gasteiger partial charge is 0.450 e. The summed E-state index contributed by atoms with van der Waals surface area (Å²) in [5.41, 5.74) is 0.432. The highest BCUT2D eigenvalue weighted by atomic mass is 35.5. The molecule has 1 aliphatic heterocycles. The van der Waals surface area contributed by atoms with Gasteiger partial charge in [-0.15, -0.1) is 12.4 Å². The highest BCUT2D eigenvalue weighted by molar-refractivity contribution is 5.85. The van der Waals surface area contributed by atoms with Gasteiger partial charge in [0.2, 0.25) is 0 Å². The SMILES string of the molecule is CC(=O)Oc1ccc(C(O)CNC(C)(C)C)cc1OC(C)=O.Cl.c1ccc2c(c1)O2. The van der Waals surface area contributed by atoms with E-state index in [0.717, 1.165) is 11.5 Å². The van der Waals surface area contributed by atoms with Gasteiger partial charge in [0.1, 0.15) is 0 Å². The van der Waals surface area contributed by atoms with Crippen molar-refractivity contribution in [3.63, 3.8) is 0 Å². The molecule has 0 bridgehead atoms. The summed E-state index contributed by atoms with van der Waals surface area (Å²) in [5.74, 6) is 1.26. The number of fused-ring (bicyclic) bond motifs is 1. The lowest BCUT2D eigenvalue weighted by molar-refractivity contribution is -0.134. The van der Waals surface area contributed by atoms with E-state index < -0.39 is 18.0 Å². The van der Waals surface area contributed by atoms with E-state index in [1.807, 2.05) is 45.0 Å². The molecule has 164 valence electrons. The number of β-amino-alcohol motifs (C(OH)–C–C–N with tert-alkyl or cyclic N) is 1. The van der Waals surface area contributed by atoms with Crippen LogP contribution in [0.1, 0.15) is 46.3 Å². The maximum Gasteiger partial charge on any atom is 0.308 e. The summed E-state index contributed by atoms with van der Waals surface area (Å²) in [7, 11) is 0. The summed E-state index contributed by atoms with van der Waals surface area (Å²) < 4.78 is 15.0. The summed E-state index contributed by atoms with van der Waals surface area (Å²) in [4.78, 5) is 22.2. The molecule has 1 atom stereocenters. The molecule has 0 radical (unpaired) electrons. The van der Waals surface area contributed by atoms with Gasteiger partial charge in [0.05, 0.1) is 6.10 Å². The van der Waals surface area contributed by atoms with Crippen molar-refractivity contribution in [1.29, 1.82) is 0 Å². The zero-order valence-corrected chi connectivity index (χ0v) is 18.5. The lowest BCUT2D eigenvalue weighted by Crippen LogP contribution is -2.38. The number of para-hydroxylation sites is 2. The Labute approximate surface area is 182 Å². The molecule has 7 nitrogen and oxygen atoms in total. The molecule has 0 aliphatic carbocycles. The lowest BCUT2D eigenvalue weighted by atomic mass is 10.1. The fourth-order valence-corrected chi connectivity index (χ4v) is 2.34. The molecule has 1 heterocycles. The Hall–Kier alpha value is -2.61. The maximum atomic E-state index is 11.2. The molecular weight excluding hydrogens is 410 g/mol. The first-order chi connectivity index (χ1) is 13.5. The Morgan fingerprint density at radius 3 is 2.00 bits per heavy atom. The summed E-state index contributed by atoms with van der Waals surface area (Å²) in [6.45, 7) is 8.83. The van der Waals surface area contributed by atoms with E-state index in [1.165, 1.54) is 26.0 Å². The number of aliphatic hydroxyl groups is 1. The zero-order valence-electron chi connectivity index (χ0n) is 17.7. The second-order valence-electron chi connectivity index (χ2n) is 7.59. The number of benzene rings is 2. The highest BCUT2D eigenvalue weighted by Crippen LogP contribution is 2.43. The lowest BCUT2D eigenvalue weighted by Gasteiger charge is -2.23. The van der Waals surface area contributed by atoms with Gasteiger partial charge < -0.3 is 24.6 Å². The maximum absolute atomic E-state index is 11.2. The zero-order chi connectivity index (χ0) is 21.6. The topological polar surface area (TPSA) is 97.4 Å². The molecule has 1 unspecified atom stereocenters. The molecule has 1 aliphatic rings. The van der Waals surface area contributed by atoms with Crippen LogP contribution < -0.4 is 19.5 Å². The minimum absolute atomic E-state index is 0. The number of esters is 2. The van der Waals surface area contributed by atoms with Crippen LogP contribution in [0, 0.1) is 0 Å². The van der Waals surface area contributed by atoms with E-state index in [-0.39, 0.29) is 29.4 Å². The summed E-state index contributed by atoms with van der Waals surface area (Å²) in [6, 6.07) is 12.5. The molecule has 0 fully saturated rings. The van der Waals surface area contributed by atoms with Crippen molar-refractivity contribution in [2.24, 2.45) is 0 Å². The van der Waals surface area contributed by atoms with Gasteiger partial charge in [-0.2, -0.15) is 0 Å². The summed E-state index contributed by atoms with van der Waals surface area (Å²) >= 11 is 0. The van der Waals surface area contributed by atoms with Crippen LogP contribution in [-0.2, 0) is 9.59 Å². The van der Waals surface area contributed by atoms with Gasteiger partial charge in [0.15, 0.2) is 23.0 Å². The van der Waals surface area contributed by atoms with Crippen molar-refractivity contribution in [2.45, 2.75) is 46.3 Å². The van der Waals surface area contributed by atoms with Crippen LogP contribution in [-0.4, -0.2) is 29.1 Å². The van der Waals surface area contributed by atoms with Gasteiger partial charge in [-0.05, 0) is 50.6 Å². The van der Waals surface area contributed by atoms with Crippen LogP contribution in [0.4, 0.5) is 0 Å². The van der Waals surface area contributed by atoms with Crippen LogP contribution in [0.5, 0.6) is 23.0 Å². The van der Waals surface area contributed by atoms with Crippen LogP contribution in [0.15, 0.2) is 42.5 Å². The fourth-order valence-electron chi connectivity index (χ4n) is 2.34. The number of rotatable bonds is 5. The molecule has 2 N–H and O–H groups in total. The third-order valence-electron chi connectivity index (χ3n) is 3.71. The Morgan fingerprint density at radius 2 is 1.53 bits per heavy atom. The van der Waals surface area contributed by atoms with Crippen LogP contribution in [0.3, 0.4) is 0 Å². The Kier molecular flexibility index (Phi) is 9.29. The molecule has 3 rings (SSSR count). The van der Waals surface area contributed by atoms with Crippen molar-refractivity contribution < 1.29 is 28.9 Å². The smallest absolute Gasteiger partial charge is 0.308 e. The third kappa shape index (κ3) is 8.82. The normalized spacial score (nSPS) is 12.1. The third-order valence-corrected chi connectivity index (χ3v) is 3.71. The van der Waals surface area contributed by atoms with Crippen LogP contribution >= 0.6 is 12.4 Å². The molecular formula is C22H28ClNO6. The summed E-state index contributed by atoms with van der Waals surface area (Å²) in [6.07, 6.45) is -0.778. The van der Waals surface area contributed by atoms with E-state index in [2.05, 4.69) is 5.32 Å². The quantitative estimate of drug-likeness (QED) is 0.351. The number of hydrogen-bond donors (Lipinski definition) is 2. The number of halogens is 1. The number of carbonyl (C=O) groups excluding carboxylic acids is 2. The van der Waals surface area contributed by atoms with E-state index in [1.54, 1.807) is 6.07 Å². The minimum atomic E-state index is -0.778. The van der Waals surface area contributed by atoms with Gasteiger partial charge in [-0.1, -0.05) is 18.2 Å². The minimum Gasteiger partial charge on any atom is -0.450 e. The second kappa shape index (κ2) is 11.0. The van der Waals surface area contributed by atoms with Gasteiger partial charge in [0.25, 0.3) is 0 Å². The van der Waals surface area contributed by atoms with Crippen molar-refractivity contribution in [3.8, 4) is 23.0 Å². The van der Waals surface area contributed by atoms with E-state index >= 15 is 0 Å². The van der Waals surface area contributed by atoms with Crippen molar-refractivity contribution in [3.05, 3.63) is 48.0 Å². The predicted molar refractivity (Wildman–Crippen MR) is 116 cm³/mol. The average molecular weight is 438 g/mol. The van der Waals surface area contributed by atoms with Crippen LogP contribution in [0.2, 0.25) is 0 Å². The number of aliphatic hydroxyl groups excluding tert-OH is 1. The average Bonchev–Trinajstić information content (AvgIpc) is 3.40. The number of hydrogen-bond acceptors (Lipinski definition) is 7. The first-order valence-electron chi connectivity index (χ1n) is 9.26. The molecule has 2 aromatic carbocycles. The van der Waals surface area contributed by atoms with E-state index in [9.17, 15) is 14.7 Å².